The van der Waals surface area contributed by atoms with Gasteiger partial charge in [-0.15, -0.1) is 0 Å². The molecule has 0 unspecified atom stereocenters. The predicted molar refractivity (Wildman–Crippen MR) is 77.0 cm³/mol. The molecular formula is C13H13Cl2N3O. The zero-order valence-corrected chi connectivity index (χ0v) is 11.9. The number of nitrogens with zero attached hydrogens (tertiary/aromatic N) is 2. The topological polar surface area (TPSA) is 61.0 Å². The number of aryl methyl sites for hydroxylation is 1. The number of benzene rings is 1. The number of ether oxygens (including phenoxy) is 1. The Hall–Kier alpha value is -1.52. The van der Waals surface area contributed by atoms with Crippen molar-refractivity contribution in [1.82, 2.24) is 9.97 Å². The molecule has 0 amide bonds. The average molecular weight is 298 g/mol. The third kappa shape index (κ3) is 3.72. The molecular weight excluding hydrogens is 285 g/mol. The maximum Gasteiger partial charge on any atom is 0.224 e. The lowest BCUT2D eigenvalue weighted by atomic mass is 10.3. The molecule has 6 heteroatoms. The first kappa shape index (κ1) is 13.9. The fourth-order valence-corrected chi connectivity index (χ4v) is 2.00. The van der Waals surface area contributed by atoms with Crippen molar-refractivity contribution in [3.8, 4) is 11.6 Å². The van der Waals surface area contributed by atoms with Gasteiger partial charge < -0.3 is 10.5 Å². The second-order valence-electron chi connectivity index (χ2n) is 3.97. The van der Waals surface area contributed by atoms with Crippen molar-refractivity contribution in [2.45, 2.75) is 19.8 Å². The molecule has 0 bridgehead atoms. The van der Waals surface area contributed by atoms with E-state index in [2.05, 4.69) is 9.97 Å². The van der Waals surface area contributed by atoms with Crippen molar-refractivity contribution in [3.63, 3.8) is 0 Å². The highest BCUT2D eigenvalue weighted by Gasteiger charge is 2.07. The van der Waals surface area contributed by atoms with E-state index >= 15 is 0 Å². The molecule has 0 fully saturated rings. The fourth-order valence-electron chi connectivity index (χ4n) is 1.55. The lowest BCUT2D eigenvalue weighted by Crippen LogP contribution is -2.01. The first-order valence-corrected chi connectivity index (χ1v) is 6.60. The van der Waals surface area contributed by atoms with E-state index in [0.29, 0.717) is 33.3 Å². The van der Waals surface area contributed by atoms with Gasteiger partial charge in [0, 0.05) is 17.5 Å². The van der Waals surface area contributed by atoms with Crippen LogP contribution in [0.25, 0.3) is 0 Å². The fraction of sp³-hybridized carbons (Fsp3) is 0.231. The lowest BCUT2D eigenvalue weighted by molar-refractivity contribution is 0.459. The molecule has 0 spiro atoms. The molecule has 1 heterocycles. The molecule has 4 nitrogen and oxygen atoms in total. The van der Waals surface area contributed by atoms with Gasteiger partial charge in [0.2, 0.25) is 5.88 Å². The van der Waals surface area contributed by atoms with Crippen LogP contribution < -0.4 is 10.5 Å². The van der Waals surface area contributed by atoms with Crippen molar-refractivity contribution in [1.29, 1.82) is 0 Å². The van der Waals surface area contributed by atoms with E-state index in [1.165, 1.54) is 0 Å². The summed E-state index contributed by atoms with van der Waals surface area (Å²) in [7, 11) is 0. The van der Waals surface area contributed by atoms with Crippen molar-refractivity contribution >= 4 is 29.0 Å². The van der Waals surface area contributed by atoms with Crippen LogP contribution in [0.15, 0.2) is 24.3 Å². The van der Waals surface area contributed by atoms with Crippen LogP contribution in [0.4, 0.5) is 5.82 Å². The summed E-state index contributed by atoms with van der Waals surface area (Å²) in [6.07, 6.45) is 1.68. The normalized spacial score (nSPS) is 10.5. The third-order valence-corrected chi connectivity index (χ3v) is 2.88. The van der Waals surface area contributed by atoms with E-state index in [1.807, 2.05) is 6.92 Å². The van der Waals surface area contributed by atoms with E-state index in [4.69, 9.17) is 33.7 Å². The van der Waals surface area contributed by atoms with Crippen molar-refractivity contribution < 1.29 is 4.74 Å². The van der Waals surface area contributed by atoms with Gasteiger partial charge in [-0.3, -0.25) is 0 Å². The molecule has 1 aromatic heterocycles. The maximum atomic E-state index is 6.04. The summed E-state index contributed by atoms with van der Waals surface area (Å²) in [6.45, 7) is 2.04. The highest BCUT2D eigenvalue weighted by atomic mass is 35.5. The summed E-state index contributed by atoms with van der Waals surface area (Å²) in [4.78, 5) is 8.41. The van der Waals surface area contributed by atoms with E-state index in [0.717, 1.165) is 12.8 Å². The molecule has 0 aliphatic carbocycles. The SMILES string of the molecule is CCCc1nc(N)cc(Oc2ccc(Cl)cc2Cl)n1. The summed E-state index contributed by atoms with van der Waals surface area (Å²) in [5.41, 5.74) is 5.72. The van der Waals surface area contributed by atoms with Crippen molar-refractivity contribution in [3.05, 3.63) is 40.1 Å². The van der Waals surface area contributed by atoms with Crippen LogP contribution in [-0.2, 0) is 6.42 Å². The molecule has 0 atom stereocenters. The number of nitrogen functional groups attached to an aromatic ring is 1. The maximum absolute atomic E-state index is 6.04. The molecule has 19 heavy (non-hydrogen) atoms. The minimum absolute atomic E-state index is 0.374. The standard InChI is InChI=1S/C13H13Cl2N3O/c1-2-3-12-17-11(16)7-13(18-12)19-10-5-4-8(14)6-9(10)15/h4-7H,2-3H2,1H3,(H2,16,17,18). The monoisotopic (exact) mass is 297 g/mol. The second kappa shape index (κ2) is 6.08. The Balaban J connectivity index is 2.27. The molecule has 2 rings (SSSR count). The molecule has 0 aliphatic rings. The number of nitrogens with two attached hydrogens (primary N) is 1. The van der Waals surface area contributed by atoms with Gasteiger partial charge in [-0.1, -0.05) is 30.1 Å². The van der Waals surface area contributed by atoms with Gasteiger partial charge in [-0.25, -0.2) is 4.98 Å². The van der Waals surface area contributed by atoms with E-state index < -0.39 is 0 Å². The Kier molecular flexibility index (Phi) is 4.45. The molecule has 2 N–H and O–H groups in total. The van der Waals surface area contributed by atoms with E-state index in [1.54, 1.807) is 24.3 Å². The van der Waals surface area contributed by atoms with Crippen molar-refractivity contribution in [2.75, 3.05) is 5.73 Å². The van der Waals surface area contributed by atoms with Crippen LogP contribution >= 0.6 is 23.2 Å². The lowest BCUT2D eigenvalue weighted by Gasteiger charge is -2.08. The highest BCUT2D eigenvalue weighted by Crippen LogP contribution is 2.31. The Morgan fingerprint density at radius 1 is 1.21 bits per heavy atom. The van der Waals surface area contributed by atoms with Gasteiger partial charge in [0.1, 0.15) is 17.4 Å². The van der Waals surface area contributed by atoms with Crippen LogP contribution in [0.1, 0.15) is 19.2 Å². The number of hydrogen-bond acceptors (Lipinski definition) is 4. The summed E-state index contributed by atoms with van der Waals surface area (Å²) in [5.74, 6) is 1.88. The van der Waals surface area contributed by atoms with E-state index in [-0.39, 0.29) is 0 Å². The number of anilines is 1. The highest BCUT2D eigenvalue weighted by molar-refractivity contribution is 6.35. The zero-order chi connectivity index (χ0) is 13.8. The van der Waals surface area contributed by atoms with Gasteiger partial charge >= 0.3 is 0 Å². The van der Waals surface area contributed by atoms with Gasteiger partial charge in [-0.05, 0) is 24.6 Å². The minimum atomic E-state index is 0.374. The van der Waals surface area contributed by atoms with Crippen LogP contribution in [-0.4, -0.2) is 9.97 Å². The Labute approximate surface area is 121 Å². The average Bonchev–Trinajstić information content (AvgIpc) is 2.32. The third-order valence-electron chi connectivity index (χ3n) is 2.35. The van der Waals surface area contributed by atoms with Gasteiger partial charge in [-0.2, -0.15) is 4.98 Å². The summed E-state index contributed by atoms with van der Waals surface area (Å²) in [6, 6.07) is 6.54. The van der Waals surface area contributed by atoms with E-state index in [9.17, 15) is 0 Å². The quantitative estimate of drug-likeness (QED) is 0.922. The molecule has 0 saturated heterocycles. The molecule has 2 aromatic rings. The first-order valence-electron chi connectivity index (χ1n) is 5.85. The zero-order valence-electron chi connectivity index (χ0n) is 10.4. The largest absolute Gasteiger partial charge is 0.437 e. The predicted octanol–water partition coefficient (Wildman–Crippen LogP) is 4.11. The number of aromatic nitrogens is 2. The Morgan fingerprint density at radius 2 is 2.00 bits per heavy atom. The molecule has 0 saturated carbocycles. The van der Waals surface area contributed by atoms with Crippen LogP contribution in [0.2, 0.25) is 10.0 Å². The molecule has 100 valence electrons. The van der Waals surface area contributed by atoms with Crippen LogP contribution in [0.5, 0.6) is 11.6 Å². The number of rotatable bonds is 4. The van der Waals surface area contributed by atoms with Gasteiger partial charge in [0.05, 0.1) is 5.02 Å². The number of halogens is 2. The first-order chi connectivity index (χ1) is 9.08. The van der Waals surface area contributed by atoms with Gasteiger partial charge in [0.15, 0.2) is 0 Å². The Bertz CT molecular complexity index is 590. The second-order valence-corrected chi connectivity index (χ2v) is 4.82. The summed E-state index contributed by atoms with van der Waals surface area (Å²) >= 11 is 11.9. The molecule has 1 aromatic carbocycles. The molecule has 0 radical (unpaired) electrons. The van der Waals surface area contributed by atoms with Crippen molar-refractivity contribution in [2.24, 2.45) is 0 Å². The van der Waals surface area contributed by atoms with Crippen LogP contribution in [0.3, 0.4) is 0 Å². The smallest absolute Gasteiger partial charge is 0.224 e. The van der Waals surface area contributed by atoms with Gasteiger partial charge in [0.25, 0.3) is 0 Å². The summed E-state index contributed by atoms with van der Waals surface area (Å²) in [5, 5.41) is 0.966. The molecule has 0 aliphatic heterocycles. The number of hydrogen-bond donors (Lipinski definition) is 1. The minimum Gasteiger partial charge on any atom is -0.437 e. The van der Waals surface area contributed by atoms with Crippen LogP contribution in [0, 0.1) is 0 Å². The Morgan fingerprint density at radius 3 is 2.68 bits per heavy atom. The summed E-state index contributed by atoms with van der Waals surface area (Å²) < 4.78 is 5.61.